The summed E-state index contributed by atoms with van der Waals surface area (Å²) in [4.78, 5) is 3.94. The number of rotatable bonds is 2. The van der Waals surface area contributed by atoms with E-state index in [0.717, 1.165) is 11.6 Å². The molecule has 0 saturated heterocycles. The fourth-order valence-corrected chi connectivity index (χ4v) is 1.81. The van der Waals surface area contributed by atoms with Crippen LogP contribution in [0.15, 0.2) is 30.7 Å². The predicted molar refractivity (Wildman–Crippen MR) is 58.3 cm³/mol. The molecule has 2 aromatic heterocycles. The number of hydrogen-bond acceptors (Lipinski definition) is 2. The third-order valence-electron chi connectivity index (χ3n) is 2.63. The molecule has 0 atom stereocenters. The second-order valence-corrected chi connectivity index (χ2v) is 4.22. The summed E-state index contributed by atoms with van der Waals surface area (Å²) in [5.41, 5.74) is 2.28. The molecule has 1 saturated carbocycles. The molecule has 3 rings (SSSR count). The Kier molecular flexibility index (Phi) is 1.99. The van der Waals surface area contributed by atoms with Gasteiger partial charge in [0.1, 0.15) is 5.15 Å². The van der Waals surface area contributed by atoms with Gasteiger partial charge in [-0.15, -0.1) is 0 Å². The number of halogens is 1. The smallest absolute Gasteiger partial charge is 0.131 e. The topological polar surface area (TPSA) is 30.7 Å². The molecule has 0 radical (unpaired) electrons. The normalized spacial score (nSPS) is 15.5. The Labute approximate surface area is 92.7 Å². The van der Waals surface area contributed by atoms with Crippen molar-refractivity contribution < 1.29 is 0 Å². The predicted octanol–water partition coefficient (Wildman–Crippen LogP) is 2.80. The molecule has 1 aliphatic carbocycles. The third kappa shape index (κ3) is 1.75. The molecule has 0 amide bonds. The molecule has 4 heteroatoms. The standard InChI is InChI=1S/C11H10ClN3/c12-11-5-10(3-4-13-11)15-7-9(6-14-15)8-1-2-8/h3-8H,1-2H2. The highest BCUT2D eigenvalue weighted by Gasteiger charge is 2.24. The van der Waals surface area contributed by atoms with E-state index < -0.39 is 0 Å². The van der Waals surface area contributed by atoms with E-state index in [2.05, 4.69) is 16.3 Å². The van der Waals surface area contributed by atoms with Crippen LogP contribution in [-0.2, 0) is 0 Å². The van der Waals surface area contributed by atoms with Crippen molar-refractivity contribution in [2.45, 2.75) is 18.8 Å². The van der Waals surface area contributed by atoms with E-state index in [9.17, 15) is 0 Å². The van der Waals surface area contributed by atoms with E-state index in [1.165, 1.54) is 18.4 Å². The number of pyridine rings is 1. The van der Waals surface area contributed by atoms with Crippen LogP contribution < -0.4 is 0 Å². The average molecular weight is 220 g/mol. The summed E-state index contributed by atoms with van der Waals surface area (Å²) in [5.74, 6) is 0.732. The highest BCUT2D eigenvalue weighted by Crippen LogP contribution is 2.39. The van der Waals surface area contributed by atoms with Crippen molar-refractivity contribution >= 4 is 11.6 Å². The highest BCUT2D eigenvalue weighted by molar-refractivity contribution is 6.29. The SMILES string of the molecule is Clc1cc(-n2cc(C3CC3)cn2)ccn1. The van der Waals surface area contributed by atoms with Crippen LogP contribution >= 0.6 is 11.6 Å². The van der Waals surface area contributed by atoms with Crippen LogP contribution in [0.2, 0.25) is 5.15 Å². The van der Waals surface area contributed by atoms with Crippen LogP contribution in [0.5, 0.6) is 0 Å². The summed E-state index contributed by atoms with van der Waals surface area (Å²) in [6.45, 7) is 0. The monoisotopic (exact) mass is 219 g/mol. The summed E-state index contributed by atoms with van der Waals surface area (Å²) < 4.78 is 1.85. The van der Waals surface area contributed by atoms with E-state index >= 15 is 0 Å². The summed E-state index contributed by atoms with van der Waals surface area (Å²) in [6.07, 6.45) is 8.29. The molecule has 3 nitrogen and oxygen atoms in total. The Bertz CT molecular complexity index is 488. The van der Waals surface area contributed by atoms with Gasteiger partial charge in [0.15, 0.2) is 0 Å². The average Bonchev–Trinajstić information content (AvgIpc) is 2.97. The summed E-state index contributed by atoms with van der Waals surface area (Å²) in [7, 11) is 0. The van der Waals surface area contributed by atoms with Gasteiger partial charge < -0.3 is 0 Å². The Morgan fingerprint density at radius 3 is 3.00 bits per heavy atom. The van der Waals surface area contributed by atoms with Gasteiger partial charge in [0.25, 0.3) is 0 Å². The lowest BCUT2D eigenvalue weighted by Crippen LogP contribution is -1.94. The van der Waals surface area contributed by atoms with Crippen LogP contribution in [0.25, 0.3) is 5.69 Å². The second-order valence-electron chi connectivity index (χ2n) is 3.83. The Hall–Kier alpha value is -1.35. The molecule has 76 valence electrons. The molecular weight excluding hydrogens is 210 g/mol. The maximum Gasteiger partial charge on any atom is 0.131 e. The number of hydrogen-bond donors (Lipinski definition) is 0. The molecule has 2 aromatic rings. The molecule has 0 aliphatic heterocycles. The van der Waals surface area contributed by atoms with Crippen molar-refractivity contribution in [3.8, 4) is 5.69 Å². The quantitative estimate of drug-likeness (QED) is 0.728. The fraction of sp³-hybridized carbons (Fsp3) is 0.273. The van der Waals surface area contributed by atoms with Crippen LogP contribution in [0.4, 0.5) is 0 Å². The largest absolute Gasteiger partial charge is 0.244 e. The third-order valence-corrected chi connectivity index (χ3v) is 2.83. The van der Waals surface area contributed by atoms with Crippen LogP contribution in [0.1, 0.15) is 24.3 Å². The van der Waals surface area contributed by atoms with Crippen LogP contribution in [0.3, 0.4) is 0 Å². The maximum atomic E-state index is 5.82. The van der Waals surface area contributed by atoms with Gasteiger partial charge in [-0.25, -0.2) is 9.67 Å². The molecule has 0 bridgehead atoms. The van der Waals surface area contributed by atoms with Gasteiger partial charge >= 0.3 is 0 Å². The first kappa shape index (κ1) is 8.92. The lowest BCUT2D eigenvalue weighted by Gasteiger charge is -1.99. The van der Waals surface area contributed by atoms with E-state index in [1.807, 2.05) is 23.0 Å². The zero-order chi connectivity index (χ0) is 10.3. The van der Waals surface area contributed by atoms with Gasteiger partial charge in [-0.05, 0) is 30.4 Å². The van der Waals surface area contributed by atoms with Gasteiger partial charge in [-0.1, -0.05) is 11.6 Å². The van der Waals surface area contributed by atoms with Crippen molar-refractivity contribution in [3.63, 3.8) is 0 Å². The van der Waals surface area contributed by atoms with E-state index in [-0.39, 0.29) is 0 Å². The van der Waals surface area contributed by atoms with Crippen LogP contribution in [0, 0.1) is 0 Å². The first-order valence-corrected chi connectivity index (χ1v) is 5.37. The highest BCUT2D eigenvalue weighted by atomic mass is 35.5. The Morgan fingerprint density at radius 2 is 2.27 bits per heavy atom. The van der Waals surface area contributed by atoms with E-state index in [1.54, 1.807) is 6.20 Å². The van der Waals surface area contributed by atoms with Crippen molar-refractivity contribution in [1.82, 2.24) is 14.8 Å². The van der Waals surface area contributed by atoms with Gasteiger partial charge in [0.05, 0.1) is 11.9 Å². The molecular formula is C11H10ClN3. The number of aromatic nitrogens is 3. The fourth-order valence-electron chi connectivity index (χ4n) is 1.64. The number of nitrogens with zero attached hydrogens (tertiary/aromatic N) is 3. The van der Waals surface area contributed by atoms with Crippen molar-refractivity contribution in [3.05, 3.63) is 41.4 Å². The summed E-state index contributed by atoms with van der Waals surface area (Å²) >= 11 is 5.82. The molecule has 0 unspecified atom stereocenters. The van der Waals surface area contributed by atoms with Crippen molar-refractivity contribution in [2.24, 2.45) is 0 Å². The minimum atomic E-state index is 0.496. The Balaban J connectivity index is 1.97. The lowest BCUT2D eigenvalue weighted by molar-refractivity contribution is 0.877. The first-order chi connectivity index (χ1) is 7.33. The molecule has 2 heterocycles. The maximum absolute atomic E-state index is 5.82. The Morgan fingerprint density at radius 1 is 1.40 bits per heavy atom. The minimum Gasteiger partial charge on any atom is -0.244 e. The minimum absolute atomic E-state index is 0.496. The summed E-state index contributed by atoms with van der Waals surface area (Å²) in [5, 5.41) is 4.82. The van der Waals surface area contributed by atoms with Crippen molar-refractivity contribution in [1.29, 1.82) is 0 Å². The van der Waals surface area contributed by atoms with Crippen LogP contribution in [-0.4, -0.2) is 14.8 Å². The van der Waals surface area contributed by atoms with Gasteiger partial charge in [0.2, 0.25) is 0 Å². The molecule has 15 heavy (non-hydrogen) atoms. The zero-order valence-electron chi connectivity index (χ0n) is 8.10. The lowest BCUT2D eigenvalue weighted by atomic mass is 10.2. The molecule has 1 aliphatic rings. The van der Waals surface area contributed by atoms with Gasteiger partial charge in [-0.3, -0.25) is 0 Å². The van der Waals surface area contributed by atoms with Crippen molar-refractivity contribution in [2.75, 3.05) is 0 Å². The first-order valence-electron chi connectivity index (χ1n) is 4.99. The molecule has 0 aromatic carbocycles. The zero-order valence-corrected chi connectivity index (χ0v) is 8.85. The molecule has 1 fully saturated rings. The molecule has 0 spiro atoms. The van der Waals surface area contributed by atoms with E-state index in [0.29, 0.717) is 5.15 Å². The van der Waals surface area contributed by atoms with E-state index in [4.69, 9.17) is 11.6 Å². The van der Waals surface area contributed by atoms with Gasteiger partial charge in [0, 0.05) is 18.5 Å². The second kappa shape index (κ2) is 3.35. The molecule has 0 N–H and O–H groups in total. The van der Waals surface area contributed by atoms with Gasteiger partial charge in [-0.2, -0.15) is 5.10 Å². The summed E-state index contributed by atoms with van der Waals surface area (Å²) in [6, 6.07) is 3.71.